The lowest BCUT2D eigenvalue weighted by atomic mass is 10.2. The predicted octanol–water partition coefficient (Wildman–Crippen LogP) is 3.17. The lowest BCUT2D eigenvalue weighted by Gasteiger charge is -2.08. The molecule has 0 aliphatic carbocycles. The molecule has 0 radical (unpaired) electrons. The van der Waals surface area contributed by atoms with Gasteiger partial charge in [0.15, 0.2) is 0 Å². The van der Waals surface area contributed by atoms with E-state index in [0.717, 1.165) is 17.8 Å². The highest BCUT2D eigenvalue weighted by Crippen LogP contribution is 2.13. The number of carbonyl (C=O) groups is 2. The summed E-state index contributed by atoms with van der Waals surface area (Å²) in [7, 11) is 0. The average Bonchev–Trinajstić information content (AvgIpc) is 3.06. The fourth-order valence-corrected chi connectivity index (χ4v) is 2.77. The molecular weight excluding hydrogens is 324 g/mol. The van der Waals surface area contributed by atoms with E-state index in [1.165, 1.54) is 4.88 Å². The predicted molar refractivity (Wildman–Crippen MR) is 96.4 cm³/mol. The summed E-state index contributed by atoms with van der Waals surface area (Å²) in [5, 5.41) is 9.20. The Labute approximate surface area is 145 Å². The highest BCUT2D eigenvalue weighted by molar-refractivity contribution is 7.11. The third kappa shape index (κ3) is 5.34. The van der Waals surface area contributed by atoms with Gasteiger partial charge in [0, 0.05) is 28.9 Å². The number of rotatable bonds is 7. The molecule has 128 valence electrons. The van der Waals surface area contributed by atoms with Gasteiger partial charge in [-0.2, -0.15) is 0 Å². The Morgan fingerprint density at radius 2 is 1.88 bits per heavy atom. The first-order chi connectivity index (χ1) is 11.6. The third-order valence-corrected chi connectivity index (χ3v) is 4.43. The fraction of sp³-hybridized carbons (Fsp3) is 0.353. The molecule has 1 aromatic carbocycles. The standard InChI is InChI=1S/C17H22N4O2S/c1-3-9-18-16(22)12-5-7-13(8-6-12)21-17(23)20-11-15-19-10-14(4-2)24-15/h5-8,10H,3-4,9,11H2,1-2H3,(H,18,22)(H2,20,21,23). The van der Waals surface area contributed by atoms with Crippen LogP contribution in [0.2, 0.25) is 0 Å². The molecule has 0 aliphatic rings. The molecule has 0 bridgehead atoms. The zero-order valence-corrected chi connectivity index (χ0v) is 14.7. The van der Waals surface area contributed by atoms with Crippen LogP contribution >= 0.6 is 11.3 Å². The minimum Gasteiger partial charge on any atom is -0.352 e. The van der Waals surface area contributed by atoms with Crippen molar-refractivity contribution >= 4 is 29.0 Å². The van der Waals surface area contributed by atoms with Crippen molar-refractivity contribution in [1.82, 2.24) is 15.6 Å². The molecule has 0 saturated heterocycles. The van der Waals surface area contributed by atoms with Crippen molar-refractivity contribution in [1.29, 1.82) is 0 Å². The zero-order chi connectivity index (χ0) is 17.4. The van der Waals surface area contributed by atoms with Crippen LogP contribution in [0.25, 0.3) is 0 Å². The van der Waals surface area contributed by atoms with E-state index < -0.39 is 0 Å². The van der Waals surface area contributed by atoms with E-state index in [-0.39, 0.29) is 11.9 Å². The number of nitrogens with zero attached hydrogens (tertiary/aromatic N) is 1. The molecule has 7 heteroatoms. The number of aryl methyl sites for hydroxylation is 1. The highest BCUT2D eigenvalue weighted by atomic mass is 32.1. The molecule has 3 amide bonds. The summed E-state index contributed by atoms with van der Waals surface area (Å²) >= 11 is 1.59. The van der Waals surface area contributed by atoms with Gasteiger partial charge in [-0.15, -0.1) is 11.3 Å². The molecule has 3 N–H and O–H groups in total. The molecule has 6 nitrogen and oxygen atoms in total. The van der Waals surface area contributed by atoms with E-state index in [4.69, 9.17) is 0 Å². The molecule has 0 aliphatic heterocycles. The molecular formula is C17H22N4O2S. The van der Waals surface area contributed by atoms with Gasteiger partial charge >= 0.3 is 6.03 Å². The van der Waals surface area contributed by atoms with Crippen molar-refractivity contribution in [2.24, 2.45) is 0 Å². The monoisotopic (exact) mass is 346 g/mol. The summed E-state index contributed by atoms with van der Waals surface area (Å²) in [5.74, 6) is -0.108. The first-order valence-electron chi connectivity index (χ1n) is 7.99. The first kappa shape index (κ1) is 17.9. The van der Waals surface area contributed by atoms with Gasteiger partial charge in [0.25, 0.3) is 5.91 Å². The van der Waals surface area contributed by atoms with Gasteiger partial charge < -0.3 is 16.0 Å². The number of anilines is 1. The Balaban J connectivity index is 1.82. The Kier molecular flexibility index (Phi) is 6.74. The number of hydrogen-bond donors (Lipinski definition) is 3. The summed E-state index contributed by atoms with van der Waals surface area (Å²) < 4.78 is 0. The molecule has 24 heavy (non-hydrogen) atoms. The quantitative estimate of drug-likeness (QED) is 0.720. The largest absolute Gasteiger partial charge is 0.352 e. The zero-order valence-electron chi connectivity index (χ0n) is 13.9. The van der Waals surface area contributed by atoms with Crippen molar-refractivity contribution in [3.63, 3.8) is 0 Å². The number of urea groups is 1. The molecule has 1 aromatic heterocycles. The van der Waals surface area contributed by atoms with E-state index in [2.05, 4.69) is 27.9 Å². The summed E-state index contributed by atoms with van der Waals surface area (Å²) in [5.41, 5.74) is 1.21. The molecule has 0 fully saturated rings. The van der Waals surface area contributed by atoms with Crippen LogP contribution in [0, 0.1) is 0 Å². The number of benzene rings is 1. The topological polar surface area (TPSA) is 83.1 Å². The normalized spacial score (nSPS) is 10.2. The number of nitrogens with one attached hydrogen (secondary N) is 3. The number of amides is 3. The molecule has 1 heterocycles. The SMILES string of the molecule is CCCNC(=O)c1ccc(NC(=O)NCc2ncc(CC)s2)cc1. The second-order valence-corrected chi connectivity index (χ2v) is 6.41. The van der Waals surface area contributed by atoms with Gasteiger partial charge in [0.1, 0.15) is 5.01 Å². The Hall–Kier alpha value is -2.41. The van der Waals surface area contributed by atoms with Gasteiger partial charge in [0.2, 0.25) is 0 Å². The van der Waals surface area contributed by atoms with E-state index in [1.54, 1.807) is 35.6 Å². The van der Waals surface area contributed by atoms with Crippen LogP contribution in [0.1, 0.15) is 40.5 Å². The van der Waals surface area contributed by atoms with Crippen LogP contribution < -0.4 is 16.0 Å². The van der Waals surface area contributed by atoms with Gasteiger partial charge in [0.05, 0.1) is 6.54 Å². The number of thiazole rings is 1. The van der Waals surface area contributed by atoms with Crippen molar-refractivity contribution in [2.45, 2.75) is 33.2 Å². The maximum atomic E-state index is 11.9. The smallest absolute Gasteiger partial charge is 0.319 e. The van der Waals surface area contributed by atoms with Crippen LogP contribution in [-0.4, -0.2) is 23.5 Å². The summed E-state index contributed by atoms with van der Waals surface area (Å²) in [6.45, 7) is 5.12. The summed E-state index contributed by atoms with van der Waals surface area (Å²) in [6, 6.07) is 6.49. The molecule has 2 rings (SSSR count). The van der Waals surface area contributed by atoms with Gasteiger partial charge in [-0.25, -0.2) is 9.78 Å². The minimum absolute atomic E-state index is 0.108. The van der Waals surface area contributed by atoms with Crippen molar-refractivity contribution < 1.29 is 9.59 Å². The molecule has 0 unspecified atom stereocenters. The fourth-order valence-electron chi connectivity index (χ4n) is 1.97. The van der Waals surface area contributed by atoms with E-state index in [1.807, 2.05) is 13.1 Å². The molecule has 0 saturated carbocycles. The van der Waals surface area contributed by atoms with E-state index in [0.29, 0.717) is 24.3 Å². The van der Waals surface area contributed by atoms with Gasteiger partial charge in [-0.05, 0) is 37.1 Å². The van der Waals surface area contributed by atoms with E-state index >= 15 is 0 Å². The number of carbonyl (C=O) groups excluding carboxylic acids is 2. The van der Waals surface area contributed by atoms with Crippen LogP contribution in [0.4, 0.5) is 10.5 Å². The molecule has 0 spiro atoms. The lowest BCUT2D eigenvalue weighted by Crippen LogP contribution is -2.28. The first-order valence-corrected chi connectivity index (χ1v) is 8.80. The van der Waals surface area contributed by atoms with Crippen LogP contribution in [-0.2, 0) is 13.0 Å². The van der Waals surface area contributed by atoms with Crippen LogP contribution in [0.3, 0.4) is 0 Å². The summed E-state index contributed by atoms with van der Waals surface area (Å²) in [6.07, 6.45) is 3.67. The Bertz CT molecular complexity index is 682. The van der Waals surface area contributed by atoms with Crippen molar-refractivity contribution in [3.05, 3.63) is 45.9 Å². The molecule has 2 aromatic rings. The second-order valence-electron chi connectivity index (χ2n) is 5.21. The average molecular weight is 346 g/mol. The maximum absolute atomic E-state index is 11.9. The van der Waals surface area contributed by atoms with Crippen molar-refractivity contribution in [3.8, 4) is 0 Å². The number of hydrogen-bond acceptors (Lipinski definition) is 4. The van der Waals surface area contributed by atoms with Gasteiger partial charge in [-0.3, -0.25) is 4.79 Å². The van der Waals surface area contributed by atoms with E-state index in [9.17, 15) is 9.59 Å². The summed E-state index contributed by atoms with van der Waals surface area (Å²) in [4.78, 5) is 29.2. The number of aromatic nitrogens is 1. The lowest BCUT2D eigenvalue weighted by molar-refractivity contribution is 0.0953. The van der Waals surface area contributed by atoms with Gasteiger partial charge in [-0.1, -0.05) is 13.8 Å². The third-order valence-electron chi connectivity index (χ3n) is 3.29. The Morgan fingerprint density at radius 3 is 2.50 bits per heavy atom. The molecule has 0 atom stereocenters. The Morgan fingerprint density at radius 1 is 1.12 bits per heavy atom. The van der Waals surface area contributed by atoms with Crippen molar-refractivity contribution in [2.75, 3.05) is 11.9 Å². The van der Waals surface area contributed by atoms with Crippen LogP contribution in [0.15, 0.2) is 30.5 Å². The second kappa shape index (κ2) is 9.02. The maximum Gasteiger partial charge on any atom is 0.319 e. The highest BCUT2D eigenvalue weighted by Gasteiger charge is 2.07. The van der Waals surface area contributed by atoms with Crippen LogP contribution in [0.5, 0.6) is 0 Å². The minimum atomic E-state index is -0.300.